The maximum atomic E-state index is 10.7. The van der Waals surface area contributed by atoms with Crippen LogP contribution in [0.1, 0.15) is 27.2 Å². The van der Waals surface area contributed by atoms with E-state index in [0.717, 1.165) is 13.0 Å². The highest BCUT2D eigenvalue weighted by molar-refractivity contribution is 5.95. The van der Waals surface area contributed by atoms with E-state index >= 15 is 0 Å². The predicted molar refractivity (Wildman–Crippen MR) is 61.3 cm³/mol. The van der Waals surface area contributed by atoms with Crippen LogP contribution < -0.4 is 0 Å². The lowest BCUT2D eigenvalue weighted by molar-refractivity contribution is -0.118. The summed E-state index contributed by atoms with van der Waals surface area (Å²) in [5, 5.41) is 0. The number of hydrogen-bond donors (Lipinski definition) is 0. The standard InChI is InChI=1S/C7H12O.C5H10O/c1-5(2)7(8)6(3)4;1-3-4-5-6-2/h6H,1H2,2-4H3;3H,1,4-5H2,2H3. The van der Waals surface area contributed by atoms with Gasteiger partial charge in [0.05, 0.1) is 0 Å². The van der Waals surface area contributed by atoms with E-state index in [1.807, 2.05) is 19.9 Å². The van der Waals surface area contributed by atoms with Crippen molar-refractivity contribution in [2.75, 3.05) is 13.7 Å². The van der Waals surface area contributed by atoms with E-state index in [2.05, 4.69) is 13.2 Å². The summed E-state index contributed by atoms with van der Waals surface area (Å²) in [7, 11) is 1.68. The van der Waals surface area contributed by atoms with E-state index in [4.69, 9.17) is 4.74 Å². The van der Waals surface area contributed by atoms with Crippen LogP contribution in [0, 0.1) is 5.92 Å². The molecule has 0 N–H and O–H groups in total. The minimum atomic E-state index is 0.104. The zero-order valence-corrected chi connectivity index (χ0v) is 9.80. The van der Waals surface area contributed by atoms with E-state index in [1.165, 1.54) is 0 Å². The second-order valence-electron chi connectivity index (χ2n) is 3.37. The van der Waals surface area contributed by atoms with Gasteiger partial charge in [0.2, 0.25) is 0 Å². The number of Topliss-reactive ketones (excluding diaryl/α,β-unsaturated/α-hetero) is 1. The minimum absolute atomic E-state index is 0.104. The van der Waals surface area contributed by atoms with Crippen LogP contribution in [0.2, 0.25) is 0 Å². The molecule has 0 aromatic rings. The van der Waals surface area contributed by atoms with Gasteiger partial charge >= 0.3 is 0 Å². The van der Waals surface area contributed by atoms with E-state index in [1.54, 1.807) is 14.0 Å². The lowest BCUT2D eigenvalue weighted by Crippen LogP contribution is -2.06. The second-order valence-corrected chi connectivity index (χ2v) is 3.37. The molecule has 0 aromatic heterocycles. The van der Waals surface area contributed by atoms with Crippen molar-refractivity contribution in [1.29, 1.82) is 0 Å². The molecule has 0 fully saturated rings. The Hall–Kier alpha value is -0.890. The number of allylic oxidation sites excluding steroid dienone is 1. The number of methoxy groups -OCH3 is 1. The van der Waals surface area contributed by atoms with E-state index in [9.17, 15) is 4.79 Å². The average molecular weight is 198 g/mol. The fraction of sp³-hybridized carbons (Fsp3) is 0.583. The number of ketones is 1. The summed E-state index contributed by atoms with van der Waals surface area (Å²) in [6.45, 7) is 13.3. The highest BCUT2D eigenvalue weighted by atomic mass is 16.5. The van der Waals surface area contributed by atoms with Crippen LogP contribution in [0.15, 0.2) is 24.8 Å². The zero-order chi connectivity index (χ0) is 11.6. The smallest absolute Gasteiger partial charge is 0.160 e. The molecule has 14 heavy (non-hydrogen) atoms. The molecule has 0 saturated heterocycles. The van der Waals surface area contributed by atoms with Gasteiger partial charge in [-0.15, -0.1) is 6.58 Å². The normalized spacial score (nSPS) is 8.93. The summed E-state index contributed by atoms with van der Waals surface area (Å²) in [4.78, 5) is 10.7. The van der Waals surface area contributed by atoms with Crippen LogP contribution in [0.25, 0.3) is 0 Å². The summed E-state index contributed by atoms with van der Waals surface area (Å²) in [5.74, 6) is 0.262. The van der Waals surface area contributed by atoms with Gasteiger partial charge in [0.1, 0.15) is 0 Å². The van der Waals surface area contributed by atoms with Gasteiger partial charge in [-0.05, 0) is 18.9 Å². The molecule has 0 radical (unpaired) electrons. The van der Waals surface area contributed by atoms with Gasteiger partial charge in [0.25, 0.3) is 0 Å². The number of hydrogen-bond acceptors (Lipinski definition) is 2. The third-order valence-electron chi connectivity index (χ3n) is 1.47. The van der Waals surface area contributed by atoms with Gasteiger partial charge in [-0.2, -0.15) is 0 Å². The van der Waals surface area contributed by atoms with Gasteiger partial charge in [0.15, 0.2) is 5.78 Å². The van der Waals surface area contributed by atoms with Crippen molar-refractivity contribution in [3.63, 3.8) is 0 Å². The highest BCUT2D eigenvalue weighted by Crippen LogP contribution is 2.00. The molecule has 0 aliphatic heterocycles. The van der Waals surface area contributed by atoms with Gasteiger partial charge in [-0.3, -0.25) is 4.79 Å². The first kappa shape index (κ1) is 15.6. The molecule has 82 valence electrons. The van der Waals surface area contributed by atoms with E-state index in [-0.39, 0.29) is 11.7 Å². The second kappa shape index (κ2) is 10.2. The largest absolute Gasteiger partial charge is 0.384 e. The van der Waals surface area contributed by atoms with Gasteiger partial charge in [0, 0.05) is 19.6 Å². The van der Waals surface area contributed by atoms with Gasteiger partial charge in [-0.25, -0.2) is 0 Å². The molecule has 0 atom stereocenters. The van der Waals surface area contributed by atoms with Crippen molar-refractivity contribution in [3.05, 3.63) is 24.8 Å². The summed E-state index contributed by atoms with van der Waals surface area (Å²) >= 11 is 0. The topological polar surface area (TPSA) is 26.3 Å². The molecule has 0 aliphatic rings. The lowest BCUT2D eigenvalue weighted by atomic mass is 10.0. The molecule has 0 aromatic carbocycles. The maximum Gasteiger partial charge on any atom is 0.160 e. The average Bonchev–Trinajstić information content (AvgIpc) is 2.14. The molecule has 0 saturated carbocycles. The van der Waals surface area contributed by atoms with Crippen molar-refractivity contribution >= 4 is 5.78 Å². The van der Waals surface area contributed by atoms with Crippen LogP contribution >= 0.6 is 0 Å². The Bertz CT molecular complexity index is 181. The molecule has 0 bridgehead atoms. The SMILES string of the molecule is C=C(C)C(=O)C(C)C.C=CCCOC. The Morgan fingerprint density at radius 3 is 2.07 bits per heavy atom. The third kappa shape index (κ3) is 11.1. The Kier molecular flexibility index (Phi) is 11.3. The zero-order valence-electron chi connectivity index (χ0n) is 9.80. The molecule has 0 aliphatic carbocycles. The number of rotatable bonds is 5. The summed E-state index contributed by atoms with van der Waals surface area (Å²) in [5.41, 5.74) is 0.653. The highest BCUT2D eigenvalue weighted by Gasteiger charge is 2.05. The summed E-state index contributed by atoms with van der Waals surface area (Å²) < 4.78 is 4.71. The quantitative estimate of drug-likeness (QED) is 0.385. The summed E-state index contributed by atoms with van der Waals surface area (Å²) in [6, 6.07) is 0. The fourth-order valence-corrected chi connectivity index (χ4v) is 0.694. The molecular weight excluding hydrogens is 176 g/mol. The van der Waals surface area contributed by atoms with Crippen molar-refractivity contribution in [2.45, 2.75) is 27.2 Å². The van der Waals surface area contributed by atoms with Crippen LogP contribution in [-0.4, -0.2) is 19.5 Å². The van der Waals surface area contributed by atoms with E-state index in [0.29, 0.717) is 5.57 Å². The molecule has 0 spiro atoms. The number of carbonyl (C=O) groups excluding carboxylic acids is 1. The first-order valence-corrected chi connectivity index (χ1v) is 4.76. The maximum absolute atomic E-state index is 10.7. The number of ether oxygens (including phenoxy) is 1. The van der Waals surface area contributed by atoms with E-state index < -0.39 is 0 Å². The van der Waals surface area contributed by atoms with Crippen molar-refractivity contribution in [1.82, 2.24) is 0 Å². The molecule has 0 heterocycles. The first-order valence-electron chi connectivity index (χ1n) is 4.76. The van der Waals surface area contributed by atoms with Crippen LogP contribution in [0.5, 0.6) is 0 Å². The van der Waals surface area contributed by atoms with Gasteiger partial charge in [-0.1, -0.05) is 26.5 Å². The van der Waals surface area contributed by atoms with Gasteiger partial charge < -0.3 is 4.74 Å². The van der Waals surface area contributed by atoms with Crippen molar-refractivity contribution < 1.29 is 9.53 Å². The Morgan fingerprint density at radius 2 is 2.00 bits per heavy atom. The number of carbonyl (C=O) groups is 1. The van der Waals surface area contributed by atoms with Crippen LogP contribution in [-0.2, 0) is 9.53 Å². The molecule has 0 rings (SSSR count). The fourth-order valence-electron chi connectivity index (χ4n) is 0.694. The Labute approximate surface area is 87.7 Å². The summed E-state index contributed by atoms with van der Waals surface area (Å²) in [6.07, 6.45) is 2.79. The predicted octanol–water partition coefficient (Wildman–Crippen LogP) is 3.00. The molecule has 0 amide bonds. The minimum Gasteiger partial charge on any atom is -0.384 e. The van der Waals surface area contributed by atoms with Crippen molar-refractivity contribution in [2.24, 2.45) is 5.92 Å². The first-order chi connectivity index (χ1) is 6.47. The molecule has 0 unspecified atom stereocenters. The van der Waals surface area contributed by atoms with Crippen LogP contribution in [0.4, 0.5) is 0 Å². The molecule has 2 heteroatoms. The van der Waals surface area contributed by atoms with Crippen molar-refractivity contribution in [3.8, 4) is 0 Å². The molecule has 2 nitrogen and oxygen atoms in total. The molecular formula is C12H22O2. The van der Waals surface area contributed by atoms with Crippen LogP contribution in [0.3, 0.4) is 0 Å². The Morgan fingerprint density at radius 1 is 1.50 bits per heavy atom. The Balaban J connectivity index is 0. The lowest BCUT2D eigenvalue weighted by Gasteiger charge is -1.99. The third-order valence-corrected chi connectivity index (χ3v) is 1.47. The monoisotopic (exact) mass is 198 g/mol.